The lowest BCUT2D eigenvalue weighted by Crippen LogP contribution is -2.31. The van der Waals surface area contributed by atoms with Crippen LogP contribution in [0.25, 0.3) is 0 Å². The standard InChI is InChI=1S/C12H21F/c1-5-12(3,4)11-7-6-10(13)8-9(11)2/h6-7,9-11H,5,8H2,1-4H3/t9-,10?,11?/m0/s1. The Labute approximate surface area is 81.2 Å². The van der Waals surface area contributed by atoms with E-state index in [0.717, 1.165) is 6.42 Å². The molecule has 1 heteroatoms. The van der Waals surface area contributed by atoms with Gasteiger partial charge in [-0.1, -0.05) is 46.3 Å². The van der Waals surface area contributed by atoms with Crippen LogP contribution in [-0.4, -0.2) is 6.17 Å². The van der Waals surface area contributed by atoms with Crippen molar-refractivity contribution >= 4 is 0 Å². The van der Waals surface area contributed by atoms with Gasteiger partial charge in [-0.3, -0.25) is 0 Å². The van der Waals surface area contributed by atoms with E-state index in [1.54, 1.807) is 6.08 Å². The lowest BCUT2D eigenvalue weighted by Gasteiger charge is -2.38. The first kappa shape index (κ1) is 10.7. The molecule has 0 N–H and O–H groups in total. The van der Waals surface area contributed by atoms with Crippen molar-refractivity contribution in [3.05, 3.63) is 12.2 Å². The van der Waals surface area contributed by atoms with Crippen LogP contribution in [0.2, 0.25) is 0 Å². The fraction of sp³-hybridized carbons (Fsp3) is 0.833. The van der Waals surface area contributed by atoms with Crippen molar-refractivity contribution in [1.82, 2.24) is 0 Å². The molecule has 0 aromatic rings. The summed E-state index contributed by atoms with van der Waals surface area (Å²) in [6, 6.07) is 0. The molecule has 0 heterocycles. The fourth-order valence-corrected chi connectivity index (χ4v) is 2.28. The molecule has 1 aliphatic carbocycles. The molecule has 0 saturated heterocycles. The molecular formula is C12H21F. The molecule has 0 bridgehead atoms. The lowest BCUT2D eigenvalue weighted by atomic mass is 9.67. The Morgan fingerprint density at radius 3 is 2.46 bits per heavy atom. The molecule has 76 valence electrons. The highest BCUT2D eigenvalue weighted by molar-refractivity contribution is 5.05. The summed E-state index contributed by atoms with van der Waals surface area (Å²) in [5, 5.41) is 0. The quantitative estimate of drug-likeness (QED) is 0.569. The molecule has 0 spiro atoms. The summed E-state index contributed by atoms with van der Waals surface area (Å²) >= 11 is 0. The minimum Gasteiger partial charge on any atom is -0.243 e. The zero-order chi connectivity index (χ0) is 10.1. The Morgan fingerprint density at radius 1 is 1.38 bits per heavy atom. The van der Waals surface area contributed by atoms with Crippen LogP contribution in [0.1, 0.15) is 40.5 Å². The molecule has 0 aliphatic heterocycles. The van der Waals surface area contributed by atoms with Crippen LogP contribution in [0.3, 0.4) is 0 Å². The summed E-state index contributed by atoms with van der Waals surface area (Å²) < 4.78 is 13.0. The molecule has 0 aromatic heterocycles. The minimum atomic E-state index is -0.709. The Bertz CT molecular complexity index is 193. The van der Waals surface area contributed by atoms with Crippen molar-refractivity contribution in [1.29, 1.82) is 0 Å². The number of allylic oxidation sites excluding steroid dienone is 2. The monoisotopic (exact) mass is 184 g/mol. The zero-order valence-corrected chi connectivity index (χ0v) is 9.18. The molecule has 0 aromatic carbocycles. The first-order valence-electron chi connectivity index (χ1n) is 5.29. The third-order valence-electron chi connectivity index (χ3n) is 3.55. The van der Waals surface area contributed by atoms with Gasteiger partial charge in [-0.15, -0.1) is 0 Å². The van der Waals surface area contributed by atoms with Crippen molar-refractivity contribution in [3.63, 3.8) is 0 Å². The van der Waals surface area contributed by atoms with Gasteiger partial charge in [0.1, 0.15) is 6.17 Å². The Balaban J connectivity index is 2.75. The van der Waals surface area contributed by atoms with E-state index >= 15 is 0 Å². The van der Waals surface area contributed by atoms with Gasteiger partial charge in [0.15, 0.2) is 0 Å². The maximum absolute atomic E-state index is 13.0. The average molecular weight is 184 g/mol. The summed E-state index contributed by atoms with van der Waals surface area (Å²) in [6.45, 7) is 8.92. The Morgan fingerprint density at radius 2 is 2.00 bits per heavy atom. The van der Waals surface area contributed by atoms with E-state index in [0.29, 0.717) is 23.7 Å². The topological polar surface area (TPSA) is 0 Å². The summed E-state index contributed by atoms with van der Waals surface area (Å²) in [4.78, 5) is 0. The molecule has 1 aliphatic rings. The smallest absolute Gasteiger partial charge is 0.119 e. The van der Waals surface area contributed by atoms with Crippen molar-refractivity contribution in [2.24, 2.45) is 17.3 Å². The minimum absolute atomic E-state index is 0.316. The van der Waals surface area contributed by atoms with Gasteiger partial charge in [0, 0.05) is 0 Å². The van der Waals surface area contributed by atoms with Crippen molar-refractivity contribution in [2.45, 2.75) is 46.7 Å². The predicted molar refractivity (Wildman–Crippen MR) is 55.4 cm³/mol. The van der Waals surface area contributed by atoms with Crippen LogP contribution in [0.15, 0.2) is 12.2 Å². The summed E-state index contributed by atoms with van der Waals surface area (Å²) in [5.74, 6) is 1.03. The van der Waals surface area contributed by atoms with Crippen molar-refractivity contribution in [2.75, 3.05) is 0 Å². The second kappa shape index (κ2) is 3.81. The maximum atomic E-state index is 13.0. The number of alkyl halides is 1. The van der Waals surface area contributed by atoms with Gasteiger partial charge < -0.3 is 0 Å². The number of hydrogen-bond donors (Lipinski definition) is 0. The van der Waals surface area contributed by atoms with Crippen molar-refractivity contribution < 1.29 is 4.39 Å². The average Bonchev–Trinajstić information content (AvgIpc) is 2.03. The first-order valence-corrected chi connectivity index (χ1v) is 5.29. The van der Waals surface area contributed by atoms with E-state index in [4.69, 9.17) is 0 Å². The van der Waals surface area contributed by atoms with Crippen LogP contribution < -0.4 is 0 Å². The molecule has 2 unspecified atom stereocenters. The molecular weight excluding hydrogens is 163 g/mol. The number of halogens is 1. The molecule has 0 radical (unpaired) electrons. The molecule has 0 amide bonds. The van der Waals surface area contributed by atoms with Crippen molar-refractivity contribution in [3.8, 4) is 0 Å². The van der Waals surface area contributed by atoms with E-state index in [-0.39, 0.29) is 0 Å². The highest BCUT2D eigenvalue weighted by Gasteiger charge is 2.33. The zero-order valence-electron chi connectivity index (χ0n) is 9.18. The lowest BCUT2D eigenvalue weighted by molar-refractivity contribution is 0.149. The van der Waals surface area contributed by atoms with Crippen LogP contribution in [0, 0.1) is 17.3 Å². The van der Waals surface area contributed by atoms with E-state index in [1.807, 2.05) is 0 Å². The van der Waals surface area contributed by atoms with Gasteiger partial charge in [-0.2, -0.15) is 0 Å². The van der Waals surface area contributed by atoms with Crippen LogP contribution >= 0.6 is 0 Å². The summed E-state index contributed by atoms with van der Waals surface area (Å²) in [5.41, 5.74) is 0.316. The van der Waals surface area contributed by atoms with Gasteiger partial charge in [-0.25, -0.2) is 4.39 Å². The van der Waals surface area contributed by atoms with Gasteiger partial charge in [0.25, 0.3) is 0 Å². The van der Waals surface area contributed by atoms with Gasteiger partial charge in [0.05, 0.1) is 0 Å². The van der Waals surface area contributed by atoms with Gasteiger partial charge in [-0.05, 0) is 23.7 Å². The van der Waals surface area contributed by atoms with E-state index < -0.39 is 6.17 Å². The van der Waals surface area contributed by atoms with E-state index in [2.05, 4.69) is 33.8 Å². The highest BCUT2D eigenvalue weighted by Crippen LogP contribution is 2.41. The largest absolute Gasteiger partial charge is 0.243 e. The summed E-state index contributed by atoms with van der Waals surface area (Å²) in [7, 11) is 0. The van der Waals surface area contributed by atoms with Crippen LogP contribution in [0.4, 0.5) is 4.39 Å². The predicted octanol–water partition coefficient (Wildman–Crippen LogP) is 3.97. The normalized spacial score (nSPS) is 35.0. The second-order valence-electron chi connectivity index (χ2n) is 4.98. The molecule has 0 nitrogen and oxygen atoms in total. The van der Waals surface area contributed by atoms with Gasteiger partial charge in [0.2, 0.25) is 0 Å². The summed E-state index contributed by atoms with van der Waals surface area (Å²) in [6.07, 6.45) is 4.97. The van der Waals surface area contributed by atoms with E-state index in [9.17, 15) is 4.39 Å². The molecule has 0 fully saturated rings. The molecule has 0 saturated carbocycles. The van der Waals surface area contributed by atoms with Crippen LogP contribution in [-0.2, 0) is 0 Å². The molecule has 1 rings (SSSR count). The van der Waals surface area contributed by atoms with Crippen LogP contribution in [0.5, 0.6) is 0 Å². The Kier molecular flexibility index (Phi) is 3.15. The fourth-order valence-electron chi connectivity index (χ4n) is 2.28. The second-order valence-corrected chi connectivity index (χ2v) is 4.98. The molecule has 3 atom stereocenters. The van der Waals surface area contributed by atoms with E-state index in [1.165, 1.54) is 0 Å². The highest BCUT2D eigenvalue weighted by atomic mass is 19.1. The molecule has 13 heavy (non-hydrogen) atoms. The van der Waals surface area contributed by atoms with Gasteiger partial charge >= 0.3 is 0 Å². The Hall–Kier alpha value is -0.330. The maximum Gasteiger partial charge on any atom is 0.119 e. The number of rotatable bonds is 2. The third-order valence-corrected chi connectivity index (χ3v) is 3.55. The number of hydrogen-bond acceptors (Lipinski definition) is 0. The third kappa shape index (κ3) is 2.32. The SMILES string of the molecule is CCC(C)(C)C1C=CC(F)C[C@@H]1C. The first-order chi connectivity index (χ1) is 5.97.